The van der Waals surface area contributed by atoms with E-state index in [1.807, 2.05) is 97.9 Å². The van der Waals surface area contributed by atoms with Gasteiger partial charge in [0, 0.05) is 17.6 Å². The molecule has 0 aliphatic carbocycles. The van der Waals surface area contributed by atoms with Crippen LogP contribution < -0.4 is 10.1 Å². The number of carbonyl (C=O) groups excluding carboxylic acids is 1. The van der Waals surface area contributed by atoms with E-state index in [0.717, 1.165) is 39.6 Å². The molecule has 4 nitrogen and oxygen atoms in total. The van der Waals surface area contributed by atoms with Crippen LogP contribution >= 0.6 is 0 Å². The van der Waals surface area contributed by atoms with E-state index < -0.39 is 0 Å². The van der Waals surface area contributed by atoms with E-state index in [0.29, 0.717) is 6.42 Å². The van der Waals surface area contributed by atoms with Crippen LogP contribution in [-0.4, -0.2) is 10.9 Å². The van der Waals surface area contributed by atoms with Gasteiger partial charge in [-0.05, 0) is 72.1 Å². The first-order valence-electron chi connectivity index (χ1n) is 9.80. The molecular formula is C26H22N2O2. The summed E-state index contributed by atoms with van der Waals surface area (Å²) in [5.74, 6) is 1.47. The van der Waals surface area contributed by atoms with Crippen LogP contribution in [-0.2, 0) is 11.2 Å². The van der Waals surface area contributed by atoms with Crippen LogP contribution in [0.3, 0.4) is 0 Å². The fourth-order valence-electron chi connectivity index (χ4n) is 3.16. The first-order valence-corrected chi connectivity index (χ1v) is 9.80. The van der Waals surface area contributed by atoms with Crippen LogP contribution in [0.15, 0.2) is 97.2 Å². The number of hydrogen-bond donors (Lipinski definition) is 1. The molecule has 0 aliphatic heterocycles. The lowest BCUT2D eigenvalue weighted by molar-refractivity contribution is -0.115. The Morgan fingerprint density at radius 1 is 0.833 bits per heavy atom. The molecule has 0 atom stereocenters. The zero-order valence-electron chi connectivity index (χ0n) is 16.7. The second kappa shape index (κ2) is 9.05. The molecule has 0 fully saturated rings. The number of aryl methyl sites for hydroxylation is 1. The maximum Gasteiger partial charge on any atom is 0.228 e. The van der Waals surface area contributed by atoms with E-state index in [4.69, 9.17) is 4.74 Å². The fourth-order valence-corrected chi connectivity index (χ4v) is 3.16. The van der Waals surface area contributed by atoms with E-state index in [-0.39, 0.29) is 5.91 Å². The van der Waals surface area contributed by atoms with Crippen molar-refractivity contribution in [3.63, 3.8) is 0 Å². The summed E-state index contributed by atoms with van der Waals surface area (Å²) < 4.78 is 5.78. The van der Waals surface area contributed by atoms with Crippen molar-refractivity contribution in [2.24, 2.45) is 0 Å². The van der Waals surface area contributed by atoms with Gasteiger partial charge in [0.2, 0.25) is 5.91 Å². The lowest BCUT2D eigenvalue weighted by Gasteiger charge is -2.09. The first kappa shape index (κ1) is 19.4. The molecule has 0 saturated heterocycles. The lowest BCUT2D eigenvalue weighted by atomic mass is 10.1. The van der Waals surface area contributed by atoms with Crippen molar-refractivity contribution < 1.29 is 9.53 Å². The number of rotatable bonds is 6. The molecule has 0 saturated carbocycles. The van der Waals surface area contributed by atoms with E-state index >= 15 is 0 Å². The number of ether oxygens (including phenoxy) is 1. The lowest BCUT2D eigenvalue weighted by Crippen LogP contribution is -2.14. The van der Waals surface area contributed by atoms with E-state index in [9.17, 15) is 4.79 Å². The largest absolute Gasteiger partial charge is 0.457 e. The van der Waals surface area contributed by atoms with Crippen LogP contribution in [0, 0.1) is 6.92 Å². The molecule has 30 heavy (non-hydrogen) atoms. The summed E-state index contributed by atoms with van der Waals surface area (Å²) in [5.41, 5.74) is 4.88. The van der Waals surface area contributed by atoms with Gasteiger partial charge in [-0.15, -0.1) is 0 Å². The van der Waals surface area contributed by atoms with Gasteiger partial charge in [-0.1, -0.05) is 42.5 Å². The number of nitrogens with one attached hydrogen (secondary N) is 1. The normalized spacial score (nSPS) is 10.4. The number of amides is 1. The number of hydrogen-bond acceptors (Lipinski definition) is 3. The summed E-state index contributed by atoms with van der Waals surface area (Å²) >= 11 is 0. The molecule has 1 N–H and O–H groups in total. The highest BCUT2D eigenvalue weighted by Crippen LogP contribution is 2.23. The minimum absolute atomic E-state index is 0.0563. The van der Waals surface area contributed by atoms with E-state index in [2.05, 4.69) is 10.3 Å². The summed E-state index contributed by atoms with van der Waals surface area (Å²) in [4.78, 5) is 16.6. The summed E-state index contributed by atoms with van der Waals surface area (Å²) in [7, 11) is 0. The van der Waals surface area contributed by atoms with Crippen LogP contribution in [0.4, 0.5) is 5.69 Å². The number of anilines is 1. The van der Waals surface area contributed by atoms with Crippen LogP contribution in [0.2, 0.25) is 0 Å². The van der Waals surface area contributed by atoms with Gasteiger partial charge in [0.05, 0.1) is 6.42 Å². The highest BCUT2D eigenvalue weighted by atomic mass is 16.5. The zero-order valence-corrected chi connectivity index (χ0v) is 16.7. The van der Waals surface area contributed by atoms with Crippen LogP contribution in [0.1, 0.15) is 11.3 Å². The molecular weight excluding hydrogens is 372 g/mol. The van der Waals surface area contributed by atoms with Gasteiger partial charge in [0.15, 0.2) is 0 Å². The van der Waals surface area contributed by atoms with Crippen molar-refractivity contribution in [1.82, 2.24) is 4.98 Å². The maximum atomic E-state index is 12.4. The summed E-state index contributed by atoms with van der Waals surface area (Å²) in [6.07, 6.45) is 2.10. The van der Waals surface area contributed by atoms with Crippen molar-refractivity contribution in [3.8, 4) is 22.6 Å². The molecule has 0 unspecified atom stereocenters. The number of aromatic nitrogens is 1. The first-order chi connectivity index (χ1) is 14.7. The Hall–Kier alpha value is -3.92. The summed E-state index contributed by atoms with van der Waals surface area (Å²) in [5, 5.41) is 2.95. The summed E-state index contributed by atoms with van der Waals surface area (Å²) in [6, 6.07) is 29.0. The van der Waals surface area contributed by atoms with Gasteiger partial charge in [0.1, 0.15) is 11.5 Å². The average Bonchev–Trinajstić information content (AvgIpc) is 2.76. The monoisotopic (exact) mass is 394 g/mol. The minimum atomic E-state index is -0.0563. The van der Waals surface area contributed by atoms with Crippen LogP contribution in [0.5, 0.6) is 11.5 Å². The molecule has 1 amide bonds. The van der Waals surface area contributed by atoms with Crippen LogP contribution in [0.25, 0.3) is 11.1 Å². The number of nitrogens with zero attached hydrogens (tertiary/aromatic N) is 1. The Labute approximate surface area is 176 Å². The third kappa shape index (κ3) is 5.11. The van der Waals surface area contributed by atoms with Crippen molar-refractivity contribution in [3.05, 3.63) is 108 Å². The molecule has 1 heterocycles. The Kier molecular flexibility index (Phi) is 5.85. The SMILES string of the molecule is Cc1cc(-c2ccc(NC(=O)Cc3ccc(Oc4ccccc4)cc3)cc2)ccn1. The molecule has 0 radical (unpaired) electrons. The van der Waals surface area contributed by atoms with Crippen molar-refractivity contribution in [1.29, 1.82) is 0 Å². The van der Waals surface area contributed by atoms with Gasteiger partial charge in [-0.3, -0.25) is 9.78 Å². The van der Waals surface area contributed by atoms with Crippen molar-refractivity contribution in [2.45, 2.75) is 13.3 Å². The number of benzene rings is 3. The topological polar surface area (TPSA) is 51.2 Å². The predicted molar refractivity (Wildman–Crippen MR) is 120 cm³/mol. The number of carbonyl (C=O) groups is 1. The molecule has 3 aromatic carbocycles. The Morgan fingerprint density at radius 3 is 2.23 bits per heavy atom. The minimum Gasteiger partial charge on any atom is -0.457 e. The van der Waals surface area contributed by atoms with Crippen molar-refractivity contribution >= 4 is 11.6 Å². The van der Waals surface area contributed by atoms with Gasteiger partial charge in [-0.25, -0.2) is 0 Å². The number of para-hydroxylation sites is 1. The Balaban J connectivity index is 1.34. The molecule has 148 valence electrons. The highest BCUT2D eigenvalue weighted by Gasteiger charge is 2.06. The quantitative estimate of drug-likeness (QED) is 0.434. The molecule has 0 bridgehead atoms. The third-order valence-electron chi connectivity index (χ3n) is 4.67. The van der Waals surface area contributed by atoms with Gasteiger partial charge in [0.25, 0.3) is 0 Å². The molecule has 1 aromatic heterocycles. The second-order valence-corrected chi connectivity index (χ2v) is 7.05. The molecule has 0 aliphatic rings. The van der Waals surface area contributed by atoms with Gasteiger partial charge < -0.3 is 10.1 Å². The van der Waals surface area contributed by atoms with E-state index in [1.165, 1.54) is 0 Å². The predicted octanol–water partition coefficient (Wildman–Crippen LogP) is 6.03. The number of pyridine rings is 1. The Morgan fingerprint density at radius 2 is 1.53 bits per heavy atom. The molecule has 4 heteroatoms. The second-order valence-electron chi connectivity index (χ2n) is 7.05. The summed E-state index contributed by atoms with van der Waals surface area (Å²) in [6.45, 7) is 1.97. The molecule has 4 rings (SSSR count). The van der Waals surface area contributed by atoms with Gasteiger partial charge >= 0.3 is 0 Å². The van der Waals surface area contributed by atoms with Gasteiger partial charge in [-0.2, -0.15) is 0 Å². The Bertz CT molecular complexity index is 1120. The fraction of sp³-hybridized carbons (Fsp3) is 0.0769. The zero-order chi connectivity index (χ0) is 20.8. The molecule has 0 spiro atoms. The maximum absolute atomic E-state index is 12.4. The molecule has 4 aromatic rings. The standard InChI is InChI=1S/C26H22N2O2/c1-19-17-22(15-16-27-19)21-9-11-23(12-10-21)28-26(29)18-20-7-13-25(14-8-20)30-24-5-3-2-4-6-24/h2-17H,18H2,1H3,(H,28,29). The smallest absolute Gasteiger partial charge is 0.228 e. The van der Waals surface area contributed by atoms with Crippen molar-refractivity contribution in [2.75, 3.05) is 5.32 Å². The van der Waals surface area contributed by atoms with E-state index in [1.54, 1.807) is 6.20 Å². The average molecular weight is 394 g/mol. The highest BCUT2D eigenvalue weighted by molar-refractivity contribution is 5.92. The third-order valence-corrected chi connectivity index (χ3v) is 4.67.